The van der Waals surface area contributed by atoms with Gasteiger partial charge in [0.2, 0.25) is 0 Å². The fourth-order valence-corrected chi connectivity index (χ4v) is 1.92. The summed E-state index contributed by atoms with van der Waals surface area (Å²) in [6, 6.07) is 14.1. The van der Waals surface area contributed by atoms with Gasteiger partial charge in [0.05, 0.1) is 6.04 Å². The van der Waals surface area contributed by atoms with E-state index in [0.717, 1.165) is 10.3 Å². The van der Waals surface area contributed by atoms with Gasteiger partial charge in [-0.05, 0) is 17.7 Å². The summed E-state index contributed by atoms with van der Waals surface area (Å²) >= 11 is 3.42. The highest BCUT2D eigenvalue weighted by Gasteiger charge is 2.07. The van der Waals surface area contributed by atoms with Gasteiger partial charge >= 0.3 is 0 Å². The lowest BCUT2D eigenvalue weighted by Crippen LogP contribution is -2.08. The van der Waals surface area contributed by atoms with Crippen molar-refractivity contribution in [3.8, 4) is 0 Å². The molecule has 1 atom stereocenters. The molecule has 0 bridgehead atoms. The number of hydrogen-bond acceptors (Lipinski definition) is 2. The Bertz CT molecular complexity index is 497. The number of halogens is 1. The van der Waals surface area contributed by atoms with Crippen molar-refractivity contribution >= 4 is 21.7 Å². The quantitative estimate of drug-likeness (QED) is 0.854. The summed E-state index contributed by atoms with van der Waals surface area (Å²) in [5, 5.41) is 3.33. The van der Waals surface area contributed by atoms with Crippen LogP contribution in [0, 0.1) is 0 Å². The molecule has 1 N–H and O–H groups in total. The van der Waals surface area contributed by atoms with Crippen LogP contribution in [0.3, 0.4) is 0 Å². The van der Waals surface area contributed by atoms with Crippen LogP contribution in [0.15, 0.2) is 65.8 Å². The van der Waals surface area contributed by atoms with Gasteiger partial charge in [0.15, 0.2) is 0 Å². The van der Waals surface area contributed by atoms with Crippen LogP contribution >= 0.6 is 15.9 Å². The number of hydrogen-bond donors (Lipinski definition) is 1. The lowest BCUT2D eigenvalue weighted by molar-refractivity contribution is 0.970. The predicted octanol–water partition coefficient (Wildman–Crippen LogP) is 4.18. The van der Waals surface area contributed by atoms with Gasteiger partial charge in [-0.15, -0.1) is 6.58 Å². The average Bonchev–Trinajstić information content (AvgIpc) is 2.37. The first-order chi connectivity index (χ1) is 8.29. The number of aromatic nitrogens is 1. The second kappa shape index (κ2) is 5.64. The Balaban J connectivity index is 2.19. The van der Waals surface area contributed by atoms with E-state index in [4.69, 9.17) is 0 Å². The van der Waals surface area contributed by atoms with Crippen LogP contribution in [-0.2, 0) is 0 Å². The summed E-state index contributed by atoms with van der Waals surface area (Å²) in [6.45, 7) is 3.85. The Morgan fingerprint density at radius 1 is 1.24 bits per heavy atom. The molecule has 0 fully saturated rings. The van der Waals surface area contributed by atoms with Crippen LogP contribution in [-0.4, -0.2) is 4.98 Å². The number of anilines is 1. The second-order valence-corrected chi connectivity index (χ2v) is 4.54. The molecule has 1 aromatic heterocycles. The Labute approximate surface area is 110 Å². The molecular weight excluding hydrogens is 276 g/mol. The van der Waals surface area contributed by atoms with Crippen LogP contribution < -0.4 is 5.32 Å². The van der Waals surface area contributed by atoms with Crippen LogP contribution in [0.2, 0.25) is 0 Å². The molecule has 17 heavy (non-hydrogen) atoms. The summed E-state index contributed by atoms with van der Waals surface area (Å²) in [5.41, 5.74) is 1.17. The predicted molar refractivity (Wildman–Crippen MR) is 74.9 cm³/mol. The van der Waals surface area contributed by atoms with Gasteiger partial charge in [-0.1, -0.05) is 52.3 Å². The normalized spacial score (nSPS) is 11.8. The van der Waals surface area contributed by atoms with E-state index in [1.807, 2.05) is 36.4 Å². The lowest BCUT2D eigenvalue weighted by atomic mass is 10.1. The fraction of sp³-hybridized carbons (Fsp3) is 0.0714. The maximum atomic E-state index is 4.26. The van der Waals surface area contributed by atoms with Crippen molar-refractivity contribution in [2.45, 2.75) is 6.04 Å². The molecule has 0 aliphatic carbocycles. The van der Waals surface area contributed by atoms with Crippen molar-refractivity contribution in [2.75, 3.05) is 5.32 Å². The topological polar surface area (TPSA) is 24.9 Å². The van der Waals surface area contributed by atoms with Crippen LogP contribution in [0.25, 0.3) is 0 Å². The molecule has 1 unspecified atom stereocenters. The fourth-order valence-electron chi connectivity index (χ4n) is 1.58. The summed E-state index contributed by atoms with van der Waals surface area (Å²) in [5.74, 6) is 0.827. The van der Waals surface area contributed by atoms with E-state index in [1.54, 1.807) is 6.20 Å². The van der Waals surface area contributed by atoms with E-state index in [9.17, 15) is 0 Å². The van der Waals surface area contributed by atoms with Crippen molar-refractivity contribution in [3.63, 3.8) is 0 Å². The summed E-state index contributed by atoms with van der Waals surface area (Å²) < 4.78 is 1.01. The summed E-state index contributed by atoms with van der Waals surface area (Å²) in [6.07, 6.45) is 3.63. The van der Waals surface area contributed by atoms with E-state index in [1.165, 1.54) is 5.56 Å². The minimum Gasteiger partial charge on any atom is -0.360 e. The number of nitrogens with zero attached hydrogens (tertiary/aromatic N) is 1. The van der Waals surface area contributed by atoms with Crippen molar-refractivity contribution in [2.24, 2.45) is 0 Å². The van der Waals surface area contributed by atoms with E-state index in [-0.39, 0.29) is 6.04 Å². The molecule has 0 radical (unpaired) electrons. The molecule has 2 rings (SSSR count). The van der Waals surface area contributed by atoms with Crippen molar-refractivity contribution in [3.05, 3.63) is 71.4 Å². The molecule has 1 heterocycles. The minimum absolute atomic E-state index is 0.0676. The lowest BCUT2D eigenvalue weighted by Gasteiger charge is -2.15. The zero-order chi connectivity index (χ0) is 12.1. The molecule has 3 heteroatoms. The standard InChI is InChI=1S/C14H13BrN2/c1-2-13(11-6-4-3-5-7-11)17-14-10-12(15)8-9-16-14/h2-10,13H,1H2,(H,16,17). The Morgan fingerprint density at radius 2 is 2.00 bits per heavy atom. The molecule has 86 valence electrons. The average molecular weight is 289 g/mol. The zero-order valence-corrected chi connectivity index (χ0v) is 10.9. The summed E-state index contributed by atoms with van der Waals surface area (Å²) in [7, 11) is 0. The highest BCUT2D eigenvalue weighted by Crippen LogP contribution is 2.20. The van der Waals surface area contributed by atoms with Crippen molar-refractivity contribution in [1.29, 1.82) is 0 Å². The number of rotatable bonds is 4. The maximum Gasteiger partial charge on any atom is 0.127 e. The van der Waals surface area contributed by atoms with E-state index < -0.39 is 0 Å². The Kier molecular flexibility index (Phi) is 3.94. The van der Waals surface area contributed by atoms with Gasteiger partial charge in [-0.2, -0.15) is 0 Å². The van der Waals surface area contributed by atoms with E-state index in [2.05, 4.69) is 44.9 Å². The van der Waals surface area contributed by atoms with Crippen molar-refractivity contribution in [1.82, 2.24) is 4.98 Å². The third-order valence-electron chi connectivity index (χ3n) is 2.42. The largest absolute Gasteiger partial charge is 0.360 e. The van der Waals surface area contributed by atoms with Crippen LogP contribution in [0.1, 0.15) is 11.6 Å². The van der Waals surface area contributed by atoms with Gasteiger partial charge in [0.1, 0.15) is 5.82 Å². The zero-order valence-electron chi connectivity index (χ0n) is 9.31. The van der Waals surface area contributed by atoms with E-state index in [0.29, 0.717) is 0 Å². The van der Waals surface area contributed by atoms with Gasteiger partial charge < -0.3 is 5.32 Å². The Hall–Kier alpha value is -1.61. The van der Waals surface area contributed by atoms with E-state index >= 15 is 0 Å². The van der Waals surface area contributed by atoms with Crippen molar-refractivity contribution < 1.29 is 0 Å². The molecule has 0 spiro atoms. The van der Waals surface area contributed by atoms with Gasteiger partial charge in [-0.3, -0.25) is 0 Å². The number of benzene rings is 1. The maximum absolute atomic E-state index is 4.26. The number of pyridine rings is 1. The molecular formula is C14H13BrN2. The third-order valence-corrected chi connectivity index (χ3v) is 2.91. The molecule has 0 aliphatic heterocycles. The first-order valence-corrected chi connectivity index (χ1v) is 6.14. The number of nitrogens with one attached hydrogen (secondary N) is 1. The smallest absolute Gasteiger partial charge is 0.127 e. The molecule has 0 aliphatic rings. The van der Waals surface area contributed by atoms with Gasteiger partial charge in [0.25, 0.3) is 0 Å². The van der Waals surface area contributed by atoms with Crippen LogP contribution in [0.4, 0.5) is 5.82 Å². The molecule has 0 saturated heterocycles. The molecule has 1 aromatic carbocycles. The summed E-state index contributed by atoms with van der Waals surface area (Å²) in [4.78, 5) is 4.26. The van der Waals surface area contributed by atoms with Gasteiger partial charge in [0, 0.05) is 10.7 Å². The third kappa shape index (κ3) is 3.17. The molecule has 2 nitrogen and oxygen atoms in total. The highest BCUT2D eigenvalue weighted by molar-refractivity contribution is 9.10. The monoisotopic (exact) mass is 288 g/mol. The molecule has 0 amide bonds. The SMILES string of the molecule is C=CC(Nc1cc(Br)ccn1)c1ccccc1. The molecule has 2 aromatic rings. The molecule has 0 saturated carbocycles. The Morgan fingerprint density at radius 3 is 2.65 bits per heavy atom. The first-order valence-electron chi connectivity index (χ1n) is 5.35. The first kappa shape index (κ1) is 11.9. The minimum atomic E-state index is 0.0676. The van der Waals surface area contributed by atoms with Crippen LogP contribution in [0.5, 0.6) is 0 Å². The van der Waals surface area contributed by atoms with Gasteiger partial charge in [-0.25, -0.2) is 4.98 Å². The second-order valence-electron chi connectivity index (χ2n) is 3.63. The highest BCUT2D eigenvalue weighted by atomic mass is 79.9.